The molecule has 2 saturated heterocycles. The normalized spacial score (nSPS) is 31.3. The fourth-order valence-electron chi connectivity index (χ4n) is 5.51. The predicted octanol–water partition coefficient (Wildman–Crippen LogP) is 1.47. The second kappa shape index (κ2) is 8.24. The van der Waals surface area contributed by atoms with Crippen LogP contribution in [0.5, 0.6) is 5.75 Å². The molecule has 1 aromatic rings. The summed E-state index contributed by atoms with van der Waals surface area (Å²) in [5.74, 6) is -0.0433. The lowest BCUT2D eigenvalue weighted by Crippen LogP contribution is -2.52. The number of ether oxygens (including phenoxy) is 2. The van der Waals surface area contributed by atoms with E-state index in [1.807, 2.05) is 12.1 Å². The van der Waals surface area contributed by atoms with Crippen LogP contribution >= 0.6 is 0 Å². The van der Waals surface area contributed by atoms with E-state index in [9.17, 15) is 14.4 Å². The predicted molar refractivity (Wildman–Crippen MR) is 112 cm³/mol. The number of benzene rings is 1. The van der Waals surface area contributed by atoms with E-state index in [2.05, 4.69) is 10.2 Å². The zero-order valence-electron chi connectivity index (χ0n) is 17.8. The molecule has 0 aromatic heterocycles. The van der Waals surface area contributed by atoms with Gasteiger partial charge in [0.1, 0.15) is 17.9 Å². The van der Waals surface area contributed by atoms with Gasteiger partial charge in [-0.2, -0.15) is 0 Å². The van der Waals surface area contributed by atoms with Gasteiger partial charge in [-0.1, -0.05) is 0 Å². The summed E-state index contributed by atoms with van der Waals surface area (Å²) >= 11 is 0. The van der Waals surface area contributed by atoms with Crippen LogP contribution in [0.15, 0.2) is 18.2 Å². The third-order valence-corrected chi connectivity index (χ3v) is 7.18. The van der Waals surface area contributed by atoms with Gasteiger partial charge in [-0.25, -0.2) is 0 Å². The molecule has 0 bridgehead atoms. The lowest BCUT2D eigenvalue weighted by Gasteiger charge is -2.30. The van der Waals surface area contributed by atoms with Gasteiger partial charge in [-0.3, -0.25) is 24.6 Å². The smallest absolute Gasteiger partial charge is 0.255 e. The van der Waals surface area contributed by atoms with Crippen molar-refractivity contribution in [3.8, 4) is 5.75 Å². The van der Waals surface area contributed by atoms with Gasteiger partial charge in [0.2, 0.25) is 11.8 Å². The molecule has 8 nitrogen and oxygen atoms in total. The van der Waals surface area contributed by atoms with Gasteiger partial charge in [0.25, 0.3) is 5.91 Å². The van der Waals surface area contributed by atoms with Crippen LogP contribution in [0.4, 0.5) is 0 Å². The molecule has 3 fully saturated rings. The SMILES string of the molecule is CO[C@H]1CCN([C@H]2CCC[C@H]2Oc2ccc3c(c2)CN(C2CCC(=O)NC2=O)C3=O)C1. The highest BCUT2D eigenvalue weighted by molar-refractivity contribution is 6.05. The summed E-state index contributed by atoms with van der Waals surface area (Å²) in [6.45, 7) is 2.37. The summed E-state index contributed by atoms with van der Waals surface area (Å²) in [5, 5.41) is 2.34. The molecule has 31 heavy (non-hydrogen) atoms. The number of nitrogens with one attached hydrogen (secondary N) is 1. The van der Waals surface area contributed by atoms with E-state index in [-0.39, 0.29) is 30.2 Å². The van der Waals surface area contributed by atoms with Gasteiger partial charge < -0.3 is 14.4 Å². The largest absolute Gasteiger partial charge is 0.489 e. The van der Waals surface area contributed by atoms with Crippen molar-refractivity contribution >= 4 is 17.7 Å². The van der Waals surface area contributed by atoms with Crippen LogP contribution in [-0.2, 0) is 20.9 Å². The van der Waals surface area contributed by atoms with E-state index in [0.717, 1.165) is 50.1 Å². The highest BCUT2D eigenvalue weighted by Crippen LogP contribution is 2.34. The lowest BCUT2D eigenvalue weighted by atomic mass is 10.0. The minimum Gasteiger partial charge on any atom is -0.489 e. The molecule has 1 unspecified atom stereocenters. The van der Waals surface area contributed by atoms with Crippen LogP contribution in [0.3, 0.4) is 0 Å². The van der Waals surface area contributed by atoms with Crippen LogP contribution in [0.2, 0.25) is 0 Å². The first-order chi connectivity index (χ1) is 15.0. The number of carbonyl (C=O) groups is 3. The Morgan fingerprint density at radius 2 is 1.97 bits per heavy atom. The van der Waals surface area contributed by atoms with Gasteiger partial charge >= 0.3 is 0 Å². The number of likely N-dealkylation sites (tertiary alicyclic amines) is 1. The molecule has 1 N–H and O–H groups in total. The van der Waals surface area contributed by atoms with Crippen LogP contribution < -0.4 is 10.1 Å². The van der Waals surface area contributed by atoms with E-state index in [0.29, 0.717) is 30.7 Å². The van der Waals surface area contributed by atoms with Crippen molar-refractivity contribution in [3.05, 3.63) is 29.3 Å². The Hall–Kier alpha value is -2.45. The second-order valence-corrected chi connectivity index (χ2v) is 9.01. The number of imide groups is 1. The number of nitrogens with zero attached hydrogens (tertiary/aromatic N) is 2. The maximum atomic E-state index is 12.9. The first-order valence-electron chi connectivity index (χ1n) is 11.2. The standard InChI is InChI=1S/C23H29N3O5/c1-30-16-9-10-25(13-16)18-3-2-4-20(18)31-15-5-6-17-14(11-15)12-26(23(17)29)19-7-8-21(27)24-22(19)28/h5-6,11,16,18-20H,2-4,7-10,12-13H2,1H3,(H,24,27,28)/t16-,18-,19?,20+/m0/s1. The molecule has 166 valence electrons. The zero-order valence-corrected chi connectivity index (χ0v) is 17.8. The highest BCUT2D eigenvalue weighted by Gasteiger charge is 2.40. The van der Waals surface area contributed by atoms with Crippen molar-refractivity contribution in [2.24, 2.45) is 0 Å². The molecular weight excluding hydrogens is 398 g/mol. The summed E-state index contributed by atoms with van der Waals surface area (Å²) in [6.07, 6.45) is 5.45. The summed E-state index contributed by atoms with van der Waals surface area (Å²) in [7, 11) is 1.78. The fourth-order valence-corrected chi connectivity index (χ4v) is 5.51. The number of amides is 3. The molecule has 0 radical (unpaired) electrons. The number of methoxy groups -OCH3 is 1. The minimum absolute atomic E-state index is 0.136. The molecule has 1 saturated carbocycles. The average Bonchev–Trinajstić information content (AvgIpc) is 3.47. The molecule has 1 aliphatic carbocycles. The first-order valence-corrected chi connectivity index (χ1v) is 11.2. The van der Waals surface area contributed by atoms with Gasteiger partial charge in [0, 0.05) is 44.8 Å². The molecule has 1 aromatic carbocycles. The number of piperidine rings is 1. The first kappa shape index (κ1) is 20.5. The van der Waals surface area contributed by atoms with Crippen molar-refractivity contribution in [2.45, 2.75) is 69.4 Å². The van der Waals surface area contributed by atoms with Crippen molar-refractivity contribution in [1.29, 1.82) is 0 Å². The number of carbonyl (C=O) groups excluding carboxylic acids is 3. The average molecular weight is 428 g/mol. The minimum atomic E-state index is -0.593. The number of rotatable bonds is 5. The zero-order chi connectivity index (χ0) is 21.5. The summed E-state index contributed by atoms with van der Waals surface area (Å²) in [4.78, 5) is 40.6. The van der Waals surface area contributed by atoms with E-state index in [1.165, 1.54) is 0 Å². The maximum absolute atomic E-state index is 12.9. The van der Waals surface area contributed by atoms with Gasteiger partial charge in [0.05, 0.1) is 6.10 Å². The molecule has 3 heterocycles. The van der Waals surface area contributed by atoms with Gasteiger partial charge in [0.15, 0.2) is 0 Å². The van der Waals surface area contributed by atoms with Gasteiger partial charge in [-0.15, -0.1) is 0 Å². The summed E-state index contributed by atoms with van der Waals surface area (Å²) in [6, 6.07) is 5.41. The molecule has 4 atom stereocenters. The van der Waals surface area contributed by atoms with E-state index in [1.54, 1.807) is 18.1 Å². The third kappa shape index (κ3) is 3.83. The summed E-state index contributed by atoms with van der Waals surface area (Å²) < 4.78 is 11.9. The van der Waals surface area contributed by atoms with E-state index >= 15 is 0 Å². The third-order valence-electron chi connectivity index (χ3n) is 7.18. The van der Waals surface area contributed by atoms with Crippen LogP contribution in [0.25, 0.3) is 0 Å². The molecular formula is C23H29N3O5. The summed E-state index contributed by atoms with van der Waals surface area (Å²) in [5.41, 5.74) is 1.49. The molecule has 8 heteroatoms. The van der Waals surface area contributed by atoms with Crippen molar-refractivity contribution < 1.29 is 23.9 Å². The topological polar surface area (TPSA) is 88.2 Å². The molecule has 4 aliphatic rings. The lowest BCUT2D eigenvalue weighted by molar-refractivity contribution is -0.136. The molecule has 3 amide bonds. The number of hydrogen-bond donors (Lipinski definition) is 1. The number of hydrogen-bond acceptors (Lipinski definition) is 6. The van der Waals surface area contributed by atoms with Crippen LogP contribution in [0, 0.1) is 0 Å². The maximum Gasteiger partial charge on any atom is 0.255 e. The molecule has 0 spiro atoms. The Balaban J connectivity index is 1.27. The van der Waals surface area contributed by atoms with Crippen molar-refractivity contribution in [3.63, 3.8) is 0 Å². The van der Waals surface area contributed by atoms with Crippen LogP contribution in [0.1, 0.15) is 54.4 Å². The Morgan fingerprint density at radius 1 is 1.10 bits per heavy atom. The molecule has 5 rings (SSSR count). The monoisotopic (exact) mass is 427 g/mol. The van der Waals surface area contributed by atoms with Gasteiger partial charge in [-0.05, 0) is 55.9 Å². The highest BCUT2D eigenvalue weighted by atomic mass is 16.5. The number of fused-ring (bicyclic) bond motifs is 1. The fraction of sp³-hybridized carbons (Fsp3) is 0.609. The van der Waals surface area contributed by atoms with Crippen molar-refractivity contribution in [1.82, 2.24) is 15.1 Å². The van der Waals surface area contributed by atoms with Crippen molar-refractivity contribution in [2.75, 3.05) is 20.2 Å². The van der Waals surface area contributed by atoms with E-state index < -0.39 is 6.04 Å². The molecule has 3 aliphatic heterocycles. The Labute approximate surface area is 181 Å². The second-order valence-electron chi connectivity index (χ2n) is 9.01. The van der Waals surface area contributed by atoms with Crippen LogP contribution in [-0.4, -0.2) is 72.0 Å². The Kier molecular flexibility index (Phi) is 5.44. The Morgan fingerprint density at radius 3 is 2.74 bits per heavy atom. The Bertz CT molecular complexity index is 903. The quantitative estimate of drug-likeness (QED) is 0.716. The van der Waals surface area contributed by atoms with E-state index in [4.69, 9.17) is 9.47 Å².